The molecule has 0 spiro atoms. The Bertz CT molecular complexity index is 923. The van der Waals surface area contributed by atoms with Crippen LogP contribution in [0.2, 0.25) is 0 Å². The smallest absolute Gasteiger partial charge is 0.398 e. The highest BCUT2D eigenvalue weighted by Crippen LogP contribution is 2.27. The predicted octanol–water partition coefficient (Wildman–Crippen LogP) is 4.22. The Balaban J connectivity index is 1.80. The highest BCUT2D eigenvalue weighted by molar-refractivity contribution is 6.03. The normalized spacial score (nSPS) is 15.6. The zero-order valence-corrected chi connectivity index (χ0v) is 15.3. The fourth-order valence-corrected chi connectivity index (χ4v) is 3.03. The monoisotopic (exact) mass is 409 g/mol. The number of hydrogen-bond donors (Lipinski definition) is 2. The number of rotatable bonds is 4. The van der Waals surface area contributed by atoms with Crippen LogP contribution >= 0.6 is 0 Å². The minimum absolute atomic E-state index is 0.138. The molecule has 1 saturated carbocycles. The molecule has 0 saturated heterocycles. The van der Waals surface area contributed by atoms with Crippen LogP contribution in [0.5, 0.6) is 0 Å². The van der Waals surface area contributed by atoms with E-state index < -0.39 is 29.3 Å². The zero-order chi connectivity index (χ0) is 21.0. The molecule has 0 radical (unpaired) electrons. The Kier molecular flexibility index (Phi) is 6.09. The van der Waals surface area contributed by atoms with Gasteiger partial charge >= 0.3 is 6.18 Å². The van der Waals surface area contributed by atoms with Crippen molar-refractivity contribution in [1.29, 1.82) is 0 Å². The van der Waals surface area contributed by atoms with Gasteiger partial charge in [0.05, 0.1) is 18.1 Å². The van der Waals surface area contributed by atoms with Crippen molar-refractivity contribution in [3.8, 4) is 0 Å². The number of anilines is 2. The van der Waals surface area contributed by atoms with Crippen molar-refractivity contribution in [1.82, 2.24) is 9.97 Å². The van der Waals surface area contributed by atoms with Crippen molar-refractivity contribution in [2.24, 2.45) is 4.99 Å². The summed E-state index contributed by atoms with van der Waals surface area (Å²) in [6, 6.07) is 2.48. The van der Waals surface area contributed by atoms with Crippen LogP contribution in [0.4, 0.5) is 28.9 Å². The lowest BCUT2D eigenvalue weighted by Crippen LogP contribution is -2.18. The number of halogens is 4. The first-order valence-corrected chi connectivity index (χ1v) is 9.07. The van der Waals surface area contributed by atoms with Crippen LogP contribution in [-0.2, 0) is 6.18 Å². The molecule has 6 nitrogen and oxygen atoms in total. The Hall–Kier alpha value is -3.04. The Labute approximate surface area is 164 Å². The number of benzene rings is 1. The van der Waals surface area contributed by atoms with Crippen molar-refractivity contribution < 1.29 is 22.4 Å². The molecule has 0 atom stereocenters. The standard InChI is InChI=1S/C19H19F4N5O/c20-13-7-14(24)11(8-26-12-4-2-1-3-5-12)6-15(13)28-18(29)16-9-25-10-17(27-16)19(21,22)23/h6-10,12H,1-5,24H2,(H,28,29). The van der Waals surface area contributed by atoms with E-state index in [0.29, 0.717) is 11.8 Å². The van der Waals surface area contributed by atoms with Crippen molar-refractivity contribution in [2.75, 3.05) is 11.1 Å². The number of nitrogen functional groups attached to an aromatic ring is 1. The Morgan fingerprint density at radius 2 is 1.93 bits per heavy atom. The van der Waals surface area contributed by atoms with Gasteiger partial charge in [0.1, 0.15) is 11.5 Å². The molecule has 1 heterocycles. The molecular weight excluding hydrogens is 390 g/mol. The second-order valence-corrected chi connectivity index (χ2v) is 6.77. The molecule has 1 fully saturated rings. The number of nitrogens with zero attached hydrogens (tertiary/aromatic N) is 3. The number of nitrogens with two attached hydrogens (primary N) is 1. The molecule has 0 aliphatic heterocycles. The van der Waals surface area contributed by atoms with Crippen molar-refractivity contribution >= 4 is 23.5 Å². The Morgan fingerprint density at radius 3 is 2.62 bits per heavy atom. The van der Waals surface area contributed by atoms with Crippen molar-refractivity contribution in [3.63, 3.8) is 0 Å². The van der Waals surface area contributed by atoms with Gasteiger partial charge in [-0.2, -0.15) is 13.2 Å². The summed E-state index contributed by atoms with van der Waals surface area (Å²) in [5.41, 5.74) is 4.22. The van der Waals surface area contributed by atoms with Gasteiger partial charge in [-0.05, 0) is 25.0 Å². The van der Waals surface area contributed by atoms with Gasteiger partial charge in [0.25, 0.3) is 5.91 Å². The van der Waals surface area contributed by atoms with Gasteiger partial charge in [0, 0.05) is 23.5 Å². The van der Waals surface area contributed by atoms with E-state index in [4.69, 9.17) is 5.73 Å². The number of carbonyl (C=O) groups is 1. The average molecular weight is 409 g/mol. The average Bonchev–Trinajstić information content (AvgIpc) is 2.69. The summed E-state index contributed by atoms with van der Waals surface area (Å²) in [4.78, 5) is 23.3. The summed E-state index contributed by atoms with van der Waals surface area (Å²) in [5.74, 6) is -1.85. The first-order chi connectivity index (χ1) is 13.7. The van der Waals surface area contributed by atoms with Crippen LogP contribution < -0.4 is 11.1 Å². The summed E-state index contributed by atoms with van der Waals surface area (Å²) >= 11 is 0. The molecule has 0 unspecified atom stereocenters. The van der Waals surface area contributed by atoms with E-state index in [-0.39, 0.29) is 17.4 Å². The fourth-order valence-electron chi connectivity index (χ4n) is 3.03. The van der Waals surface area contributed by atoms with Crippen LogP contribution in [0.25, 0.3) is 0 Å². The first-order valence-electron chi connectivity index (χ1n) is 9.07. The summed E-state index contributed by atoms with van der Waals surface area (Å²) in [5, 5.41) is 2.21. The quantitative estimate of drug-likeness (QED) is 0.449. The fraction of sp³-hybridized carbons (Fsp3) is 0.368. The van der Waals surface area contributed by atoms with E-state index in [9.17, 15) is 22.4 Å². The van der Waals surface area contributed by atoms with E-state index in [1.807, 2.05) is 0 Å². The lowest BCUT2D eigenvalue weighted by Gasteiger charge is -2.17. The van der Waals surface area contributed by atoms with Gasteiger partial charge in [0.2, 0.25) is 0 Å². The van der Waals surface area contributed by atoms with E-state index in [0.717, 1.165) is 37.9 Å². The molecule has 29 heavy (non-hydrogen) atoms. The lowest BCUT2D eigenvalue weighted by molar-refractivity contribution is -0.141. The maximum atomic E-state index is 14.2. The highest BCUT2D eigenvalue weighted by atomic mass is 19.4. The van der Waals surface area contributed by atoms with Crippen LogP contribution in [0, 0.1) is 5.82 Å². The molecule has 1 aliphatic carbocycles. The van der Waals surface area contributed by atoms with Crippen molar-refractivity contribution in [2.45, 2.75) is 44.3 Å². The zero-order valence-electron chi connectivity index (χ0n) is 15.3. The molecule has 154 valence electrons. The SMILES string of the molecule is Nc1cc(F)c(NC(=O)c2cncc(C(F)(F)F)n2)cc1C=NC1CCCCC1. The van der Waals surface area contributed by atoms with E-state index in [1.165, 1.54) is 18.7 Å². The van der Waals surface area contributed by atoms with Gasteiger partial charge in [-0.3, -0.25) is 14.8 Å². The number of aromatic nitrogens is 2. The molecule has 1 amide bonds. The number of amides is 1. The van der Waals surface area contributed by atoms with E-state index in [2.05, 4.69) is 20.3 Å². The van der Waals surface area contributed by atoms with Crippen molar-refractivity contribution in [3.05, 3.63) is 47.3 Å². The van der Waals surface area contributed by atoms with Gasteiger partial charge in [-0.1, -0.05) is 19.3 Å². The van der Waals surface area contributed by atoms with Crippen LogP contribution in [0.15, 0.2) is 29.5 Å². The highest BCUT2D eigenvalue weighted by Gasteiger charge is 2.33. The van der Waals surface area contributed by atoms with Gasteiger partial charge in [0.15, 0.2) is 5.69 Å². The van der Waals surface area contributed by atoms with Crippen LogP contribution in [0.3, 0.4) is 0 Å². The maximum Gasteiger partial charge on any atom is 0.434 e. The number of carbonyl (C=O) groups excluding carboxylic acids is 1. The summed E-state index contributed by atoms with van der Waals surface area (Å²) in [6.07, 6.45) is 3.46. The van der Waals surface area contributed by atoms with Gasteiger partial charge in [-0.25, -0.2) is 9.37 Å². The minimum Gasteiger partial charge on any atom is -0.398 e. The molecule has 1 aliphatic rings. The third-order valence-electron chi connectivity index (χ3n) is 4.58. The maximum absolute atomic E-state index is 14.2. The number of nitrogens with one attached hydrogen (secondary N) is 1. The topological polar surface area (TPSA) is 93.3 Å². The van der Waals surface area contributed by atoms with Gasteiger partial charge in [-0.15, -0.1) is 0 Å². The molecule has 10 heteroatoms. The summed E-state index contributed by atoms with van der Waals surface area (Å²) in [6.45, 7) is 0. The minimum atomic E-state index is -4.75. The number of aliphatic imine (C=N–C) groups is 1. The Morgan fingerprint density at radius 1 is 1.21 bits per heavy atom. The second-order valence-electron chi connectivity index (χ2n) is 6.77. The molecule has 2 aromatic rings. The largest absolute Gasteiger partial charge is 0.434 e. The molecule has 1 aromatic heterocycles. The lowest BCUT2D eigenvalue weighted by atomic mass is 9.96. The first kappa shape index (κ1) is 20.7. The third-order valence-corrected chi connectivity index (χ3v) is 4.58. The molecule has 3 N–H and O–H groups in total. The molecular formula is C19H19F4N5O. The van der Waals surface area contributed by atoms with Crippen LogP contribution in [0.1, 0.15) is 53.8 Å². The second kappa shape index (κ2) is 8.54. The predicted molar refractivity (Wildman–Crippen MR) is 100 cm³/mol. The molecule has 1 aromatic carbocycles. The summed E-state index contributed by atoms with van der Waals surface area (Å²) < 4.78 is 52.4. The third kappa shape index (κ3) is 5.27. The number of hydrogen-bond acceptors (Lipinski definition) is 5. The molecule has 0 bridgehead atoms. The van der Waals surface area contributed by atoms with Crippen LogP contribution in [-0.4, -0.2) is 28.1 Å². The van der Waals surface area contributed by atoms with E-state index >= 15 is 0 Å². The molecule has 3 rings (SSSR count). The summed E-state index contributed by atoms with van der Waals surface area (Å²) in [7, 11) is 0. The van der Waals surface area contributed by atoms with Gasteiger partial charge < -0.3 is 11.1 Å². The number of alkyl halides is 3. The van der Waals surface area contributed by atoms with E-state index in [1.54, 1.807) is 0 Å².